The van der Waals surface area contributed by atoms with Crippen molar-refractivity contribution in [1.29, 1.82) is 0 Å². The summed E-state index contributed by atoms with van der Waals surface area (Å²) in [6.07, 6.45) is 0. The van der Waals surface area contributed by atoms with E-state index in [0.717, 1.165) is 11.5 Å². The summed E-state index contributed by atoms with van der Waals surface area (Å²) in [5.74, 6) is 2.24. The summed E-state index contributed by atoms with van der Waals surface area (Å²) < 4.78 is 0. The van der Waals surface area contributed by atoms with Crippen LogP contribution < -0.4 is 5.32 Å². The molecule has 0 aromatic carbocycles. The summed E-state index contributed by atoms with van der Waals surface area (Å²) in [4.78, 5) is 10.6. The Bertz CT molecular complexity index is 123. The van der Waals surface area contributed by atoms with Gasteiger partial charge in [0.2, 0.25) is 5.91 Å². The highest BCUT2D eigenvalue weighted by atomic mass is 32.2. The summed E-state index contributed by atoms with van der Waals surface area (Å²) in [5, 5.41) is 4.08. The fourth-order valence-corrected chi connectivity index (χ4v) is 3.22. The molecule has 1 aliphatic rings. The smallest absolute Gasteiger partial charge is 0.217 e. The highest BCUT2D eigenvalue weighted by molar-refractivity contribution is 8.16. The zero-order valence-electron chi connectivity index (χ0n) is 5.92. The van der Waals surface area contributed by atoms with Gasteiger partial charge in [0.25, 0.3) is 0 Å². The van der Waals surface area contributed by atoms with Gasteiger partial charge in [0.05, 0.1) is 0 Å². The topological polar surface area (TPSA) is 29.1 Å². The third-order valence-electron chi connectivity index (χ3n) is 1.21. The number of nitrogens with one attached hydrogen (secondary N) is 1. The number of amides is 1. The van der Waals surface area contributed by atoms with Gasteiger partial charge in [-0.2, -0.15) is 0 Å². The van der Waals surface area contributed by atoms with Crippen LogP contribution in [0.2, 0.25) is 0 Å². The van der Waals surface area contributed by atoms with Crippen LogP contribution in [0.4, 0.5) is 0 Å². The largest absolute Gasteiger partial charge is 0.352 e. The molecule has 1 N–H and O–H groups in total. The van der Waals surface area contributed by atoms with Crippen LogP contribution in [0.1, 0.15) is 6.92 Å². The molecule has 58 valence electrons. The molecule has 2 nitrogen and oxygen atoms in total. The monoisotopic (exact) mass is 177 g/mol. The van der Waals surface area contributed by atoms with Crippen molar-refractivity contribution in [1.82, 2.24) is 5.32 Å². The van der Waals surface area contributed by atoms with Crippen LogP contribution in [-0.4, -0.2) is 28.5 Å². The predicted octanol–water partition coefficient (Wildman–Crippen LogP) is 0.929. The van der Waals surface area contributed by atoms with E-state index in [0.29, 0.717) is 6.04 Å². The Morgan fingerprint density at radius 2 is 2.10 bits per heavy atom. The highest BCUT2D eigenvalue weighted by Crippen LogP contribution is 2.20. The second kappa shape index (κ2) is 4.13. The van der Waals surface area contributed by atoms with Crippen molar-refractivity contribution in [3.05, 3.63) is 0 Å². The molecule has 1 amide bonds. The van der Waals surface area contributed by atoms with Crippen LogP contribution in [-0.2, 0) is 4.79 Å². The molecule has 0 unspecified atom stereocenters. The van der Waals surface area contributed by atoms with Gasteiger partial charge in [-0.1, -0.05) is 0 Å². The van der Waals surface area contributed by atoms with E-state index in [9.17, 15) is 4.79 Å². The van der Waals surface area contributed by atoms with Crippen molar-refractivity contribution in [2.45, 2.75) is 13.0 Å². The quantitative estimate of drug-likeness (QED) is 0.646. The van der Waals surface area contributed by atoms with Crippen molar-refractivity contribution in [2.75, 3.05) is 16.6 Å². The molecule has 1 rings (SSSR count). The van der Waals surface area contributed by atoms with Gasteiger partial charge in [0.1, 0.15) is 0 Å². The van der Waals surface area contributed by atoms with E-state index >= 15 is 0 Å². The lowest BCUT2D eigenvalue weighted by molar-refractivity contribution is -0.119. The molecule has 0 aromatic heterocycles. The maximum Gasteiger partial charge on any atom is 0.217 e. The average molecular weight is 177 g/mol. The first-order valence-corrected chi connectivity index (χ1v) is 5.52. The van der Waals surface area contributed by atoms with Crippen molar-refractivity contribution in [3.8, 4) is 0 Å². The van der Waals surface area contributed by atoms with E-state index in [1.165, 1.54) is 5.08 Å². The van der Waals surface area contributed by atoms with Crippen LogP contribution >= 0.6 is 23.5 Å². The standard InChI is InChI=1S/C6H11NOS2/c1-5(8)7-6-2-9-4-10-3-6/h6H,2-4H2,1H3,(H,7,8). The van der Waals surface area contributed by atoms with Crippen LogP contribution in [0.5, 0.6) is 0 Å². The van der Waals surface area contributed by atoms with E-state index in [2.05, 4.69) is 5.32 Å². The molecule has 4 heteroatoms. The fraction of sp³-hybridized carbons (Fsp3) is 0.833. The van der Waals surface area contributed by atoms with Gasteiger partial charge in [-0.15, -0.1) is 23.5 Å². The van der Waals surface area contributed by atoms with Crippen molar-refractivity contribution >= 4 is 29.4 Å². The summed E-state index contributed by atoms with van der Waals surface area (Å²) in [6, 6.07) is 0.404. The third-order valence-corrected chi connectivity index (χ3v) is 3.82. The Morgan fingerprint density at radius 3 is 2.60 bits per heavy atom. The summed E-state index contributed by atoms with van der Waals surface area (Å²) >= 11 is 3.79. The van der Waals surface area contributed by atoms with Gasteiger partial charge in [0.15, 0.2) is 0 Å². The SMILES string of the molecule is CC(=O)NC1CSCSC1. The van der Waals surface area contributed by atoms with Gasteiger partial charge in [-0.3, -0.25) is 4.79 Å². The number of carbonyl (C=O) groups excluding carboxylic acids is 1. The first-order chi connectivity index (χ1) is 4.79. The second-order valence-corrected chi connectivity index (χ2v) is 4.68. The van der Waals surface area contributed by atoms with Crippen LogP contribution in [0.15, 0.2) is 0 Å². The molecule has 10 heavy (non-hydrogen) atoms. The third kappa shape index (κ3) is 2.84. The number of hydrogen-bond donors (Lipinski definition) is 1. The molecule has 0 aliphatic carbocycles. The van der Waals surface area contributed by atoms with E-state index in [1.807, 2.05) is 23.5 Å². The molecule has 0 radical (unpaired) electrons. The minimum absolute atomic E-state index is 0.0908. The van der Waals surface area contributed by atoms with Crippen LogP contribution in [0.3, 0.4) is 0 Å². The zero-order valence-corrected chi connectivity index (χ0v) is 7.56. The molecule has 0 bridgehead atoms. The Balaban J connectivity index is 2.19. The molecular formula is C6H11NOS2. The minimum atomic E-state index is 0.0908. The lowest BCUT2D eigenvalue weighted by Gasteiger charge is -2.20. The maximum atomic E-state index is 10.6. The molecule has 0 atom stereocenters. The molecule has 1 heterocycles. The minimum Gasteiger partial charge on any atom is -0.352 e. The number of thioether (sulfide) groups is 2. The first kappa shape index (κ1) is 8.27. The lowest BCUT2D eigenvalue weighted by Crippen LogP contribution is -2.38. The van der Waals surface area contributed by atoms with Crippen LogP contribution in [0.25, 0.3) is 0 Å². The van der Waals surface area contributed by atoms with Crippen molar-refractivity contribution in [3.63, 3.8) is 0 Å². The van der Waals surface area contributed by atoms with E-state index < -0.39 is 0 Å². The molecule has 0 spiro atoms. The van der Waals surface area contributed by atoms with E-state index in [4.69, 9.17) is 0 Å². The fourth-order valence-electron chi connectivity index (χ4n) is 0.859. The van der Waals surface area contributed by atoms with E-state index in [-0.39, 0.29) is 5.91 Å². The predicted molar refractivity (Wildman–Crippen MR) is 47.4 cm³/mol. The Kier molecular flexibility index (Phi) is 3.42. The highest BCUT2D eigenvalue weighted by Gasteiger charge is 2.13. The van der Waals surface area contributed by atoms with Crippen molar-refractivity contribution in [2.24, 2.45) is 0 Å². The average Bonchev–Trinajstić information content (AvgIpc) is 1.88. The molecule has 1 fully saturated rings. The molecule has 0 saturated carbocycles. The lowest BCUT2D eigenvalue weighted by atomic mass is 10.4. The van der Waals surface area contributed by atoms with Crippen molar-refractivity contribution < 1.29 is 4.79 Å². The Hall–Kier alpha value is 0.170. The maximum absolute atomic E-state index is 10.6. The van der Waals surface area contributed by atoms with Crippen LogP contribution in [0, 0.1) is 0 Å². The van der Waals surface area contributed by atoms with Gasteiger partial charge in [-0.05, 0) is 0 Å². The number of hydrogen-bond acceptors (Lipinski definition) is 3. The van der Waals surface area contributed by atoms with Gasteiger partial charge < -0.3 is 5.32 Å². The number of rotatable bonds is 1. The molecule has 1 saturated heterocycles. The van der Waals surface area contributed by atoms with Gasteiger partial charge in [-0.25, -0.2) is 0 Å². The second-order valence-electron chi connectivity index (χ2n) is 2.26. The number of carbonyl (C=O) groups is 1. The van der Waals surface area contributed by atoms with Gasteiger partial charge in [0, 0.05) is 29.6 Å². The molecule has 0 aromatic rings. The molecule has 1 aliphatic heterocycles. The summed E-state index contributed by atoms with van der Waals surface area (Å²) in [7, 11) is 0. The first-order valence-electron chi connectivity index (χ1n) is 3.21. The summed E-state index contributed by atoms with van der Waals surface area (Å²) in [5.41, 5.74) is 0. The Morgan fingerprint density at radius 1 is 1.50 bits per heavy atom. The van der Waals surface area contributed by atoms with E-state index in [1.54, 1.807) is 6.92 Å². The van der Waals surface area contributed by atoms with Gasteiger partial charge >= 0.3 is 0 Å². The summed E-state index contributed by atoms with van der Waals surface area (Å²) in [6.45, 7) is 1.57. The normalized spacial score (nSPS) is 20.5. The Labute approximate surface area is 69.5 Å². The molecular weight excluding hydrogens is 166 g/mol. The zero-order chi connectivity index (χ0) is 7.40.